The Morgan fingerprint density at radius 2 is 1.79 bits per heavy atom. The number of hydrogen-bond donors (Lipinski definition) is 0. The van der Waals surface area contributed by atoms with Gasteiger partial charge in [0.2, 0.25) is 11.8 Å². The second-order valence-corrected chi connectivity index (χ2v) is 6.65. The molecule has 0 bridgehead atoms. The van der Waals surface area contributed by atoms with E-state index in [-0.39, 0.29) is 11.8 Å². The predicted octanol–water partition coefficient (Wildman–Crippen LogP) is 2.44. The van der Waals surface area contributed by atoms with Crippen LogP contribution in [-0.2, 0) is 16.0 Å². The summed E-state index contributed by atoms with van der Waals surface area (Å²) in [4.78, 5) is 27.8. The van der Waals surface area contributed by atoms with Crippen LogP contribution in [0.4, 0.5) is 0 Å². The summed E-state index contributed by atoms with van der Waals surface area (Å²) in [5.74, 6) is 1.42. The van der Waals surface area contributed by atoms with Gasteiger partial charge in [-0.2, -0.15) is 0 Å². The van der Waals surface area contributed by atoms with Crippen LogP contribution in [0.25, 0.3) is 0 Å². The Morgan fingerprint density at radius 3 is 2.42 bits per heavy atom. The van der Waals surface area contributed by atoms with Gasteiger partial charge in [0, 0.05) is 33.1 Å². The Bertz CT molecular complexity index is 598. The standard InChI is InChI=1S/C19H28N2O3/c1-14(2)17-12-16(6-7-18(17)24-4)13-19(23)21-9-5-8-20(10-11-21)15(3)22/h6-7,12,14H,5,8-11,13H2,1-4H3. The number of carbonyl (C=O) groups excluding carboxylic acids is 2. The zero-order chi connectivity index (χ0) is 17.7. The number of methoxy groups -OCH3 is 1. The maximum atomic E-state index is 12.6. The number of carbonyl (C=O) groups is 2. The van der Waals surface area contributed by atoms with Crippen LogP contribution in [0.2, 0.25) is 0 Å². The van der Waals surface area contributed by atoms with Crippen molar-refractivity contribution in [2.45, 2.75) is 39.5 Å². The van der Waals surface area contributed by atoms with Crippen molar-refractivity contribution in [3.63, 3.8) is 0 Å². The molecule has 2 amide bonds. The van der Waals surface area contributed by atoms with Crippen molar-refractivity contribution >= 4 is 11.8 Å². The van der Waals surface area contributed by atoms with E-state index in [0.29, 0.717) is 25.4 Å². The van der Waals surface area contributed by atoms with Gasteiger partial charge in [-0.25, -0.2) is 0 Å². The molecule has 0 unspecified atom stereocenters. The van der Waals surface area contributed by atoms with Gasteiger partial charge >= 0.3 is 0 Å². The quantitative estimate of drug-likeness (QED) is 0.851. The first-order chi connectivity index (χ1) is 11.4. The summed E-state index contributed by atoms with van der Waals surface area (Å²) in [6, 6.07) is 5.97. The lowest BCUT2D eigenvalue weighted by Crippen LogP contribution is -2.37. The molecule has 5 heteroatoms. The Kier molecular flexibility index (Phi) is 6.23. The molecule has 0 saturated carbocycles. The highest BCUT2D eigenvalue weighted by Crippen LogP contribution is 2.27. The summed E-state index contributed by atoms with van der Waals surface area (Å²) < 4.78 is 5.40. The first-order valence-electron chi connectivity index (χ1n) is 8.62. The Labute approximate surface area is 144 Å². The van der Waals surface area contributed by atoms with E-state index < -0.39 is 0 Å². The van der Waals surface area contributed by atoms with E-state index in [2.05, 4.69) is 19.9 Å². The van der Waals surface area contributed by atoms with Gasteiger partial charge in [0.25, 0.3) is 0 Å². The fraction of sp³-hybridized carbons (Fsp3) is 0.579. The van der Waals surface area contributed by atoms with Crippen LogP contribution < -0.4 is 4.74 Å². The van der Waals surface area contributed by atoms with E-state index in [0.717, 1.165) is 36.4 Å². The third kappa shape index (κ3) is 4.49. The second-order valence-electron chi connectivity index (χ2n) is 6.65. The van der Waals surface area contributed by atoms with Crippen molar-refractivity contribution < 1.29 is 14.3 Å². The Morgan fingerprint density at radius 1 is 1.12 bits per heavy atom. The number of rotatable bonds is 4. The van der Waals surface area contributed by atoms with Crippen LogP contribution in [-0.4, -0.2) is 54.9 Å². The molecule has 1 heterocycles. The van der Waals surface area contributed by atoms with Crippen LogP contribution in [0.5, 0.6) is 5.75 Å². The van der Waals surface area contributed by atoms with E-state index in [1.54, 1.807) is 14.0 Å². The van der Waals surface area contributed by atoms with Crippen molar-refractivity contribution in [3.8, 4) is 5.75 Å². The summed E-state index contributed by atoms with van der Waals surface area (Å²) in [6.07, 6.45) is 1.23. The van der Waals surface area contributed by atoms with Gasteiger partial charge in [0.15, 0.2) is 0 Å². The number of ether oxygens (including phenoxy) is 1. The summed E-state index contributed by atoms with van der Waals surface area (Å²) in [7, 11) is 1.67. The Hall–Kier alpha value is -2.04. The van der Waals surface area contributed by atoms with Crippen molar-refractivity contribution in [2.75, 3.05) is 33.3 Å². The lowest BCUT2D eigenvalue weighted by molar-refractivity contribution is -0.132. The summed E-state index contributed by atoms with van der Waals surface area (Å²) in [5, 5.41) is 0. The van der Waals surface area contributed by atoms with Crippen molar-refractivity contribution in [1.29, 1.82) is 0 Å². The normalized spacial score (nSPS) is 15.4. The van der Waals surface area contributed by atoms with Crippen LogP contribution >= 0.6 is 0 Å². The Balaban J connectivity index is 2.04. The molecule has 0 aliphatic carbocycles. The van der Waals surface area contributed by atoms with E-state index in [1.165, 1.54) is 0 Å². The molecule has 1 aliphatic rings. The molecule has 1 aliphatic heterocycles. The number of hydrogen-bond acceptors (Lipinski definition) is 3. The zero-order valence-electron chi connectivity index (χ0n) is 15.2. The van der Waals surface area contributed by atoms with E-state index in [1.807, 2.05) is 21.9 Å². The molecule has 1 fully saturated rings. The average Bonchev–Trinajstić information content (AvgIpc) is 2.81. The van der Waals surface area contributed by atoms with Crippen LogP contribution in [0.3, 0.4) is 0 Å². The zero-order valence-corrected chi connectivity index (χ0v) is 15.2. The number of amides is 2. The highest BCUT2D eigenvalue weighted by atomic mass is 16.5. The highest BCUT2D eigenvalue weighted by molar-refractivity contribution is 5.79. The molecule has 1 aromatic carbocycles. The third-order valence-corrected chi connectivity index (χ3v) is 4.57. The van der Waals surface area contributed by atoms with E-state index >= 15 is 0 Å². The fourth-order valence-electron chi connectivity index (χ4n) is 3.11. The molecule has 2 rings (SSSR count). The molecule has 1 aromatic rings. The van der Waals surface area contributed by atoms with Gasteiger partial charge in [-0.15, -0.1) is 0 Å². The van der Waals surface area contributed by atoms with Gasteiger partial charge in [0.05, 0.1) is 13.5 Å². The minimum Gasteiger partial charge on any atom is -0.496 e. The SMILES string of the molecule is COc1ccc(CC(=O)N2CCCN(C(C)=O)CC2)cc1C(C)C. The fourth-order valence-corrected chi connectivity index (χ4v) is 3.11. The molecular weight excluding hydrogens is 304 g/mol. The number of nitrogens with zero attached hydrogens (tertiary/aromatic N) is 2. The molecule has 0 atom stereocenters. The molecule has 0 spiro atoms. The van der Waals surface area contributed by atoms with E-state index in [4.69, 9.17) is 4.74 Å². The first-order valence-corrected chi connectivity index (χ1v) is 8.62. The van der Waals surface area contributed by atoms with Gasteiger partial charge in [0.1, 0.15) is 5.75 Å². The van der Waals surface area contributed by atoms with Crippen molar-refractivity contribution in [1.82, 2.24) is 9.80 Å². The van der Waals surface area contributed by atoms with Gasteiger partial charge < -0.3 is 14.5 Å². The molecule has 1 saturated heterocycles. The minimum absolute atomic E-state index is 0.0843. The topological polar surface area (TPSA) is 49.9 Å². The van der Waals surface area contributed by atoms with Crippen LogP contribution in [0.15, 0.2) is 18.2 Å². The molecule has 132 valence electrons. The van der Waals surface area contributed by atoms with Crippen LogP contribution in [0.1, 0.15) is 44.2 Å². The van der Waals surface area contributed by atoms with Crippen molar-refractivity contribution in [3.05, 3.63) is 29.3 Å². The smallest absolute Gasteiger partial charge is 0.227 e. The molecule has 0 N–H and O–H groups in total. The maximum Gasteiger partial charge on any atom is 0.227 e. The second kappa shape index (κ2) is 8.18. The highest BCUT2D eigenvalue weighted by Gasteiger charge is 2.20. The molecule has 0 aromatic heterocycles. The summed E-state index contributed by atoms with van der Waals surface area (Å²) in [6.45, 7) is 8.52. The summed E-state index contributed by atoms with van der Waals surface area (Å²) in [5.41, 5.74) is 2.14. The van der Waals surface area contributed by atoms with E-state index in [9.17, 15) is 9.59 Å². The number of benzene rings is 1. The largest absolute Gasteiger partial charge is 0.496 e. The van der Waals surface area contributed by atoms with Gasteiger partial charge in [-0.05, 0) is 29.5 Å². The van der Waals surface area contributed by atoms with Crippen LogP contribution in [0, 0.1) is 0 Å². The molecular formula is C19H28N2O3. The average molecular weight is 332 g/mol. The van der Waals surface area contributed by atoms with Crippen molar-refractivity contribution in [2.24, 2.45) is 0 Å². The third-order valence-electron chi connectivity index (χ3n) is 4.57. The molecule has 5 nitrogen and oxygen atoms in total. The lowest BCUT2D eigenvalue weighted by atomic mass is 9.98. The van der Waals surface area contributed by atoms with Gasteiger partial charge in [-0.3, -0.25) is 9.59 Å². The monoisotopic (exact) mass is 332 g/mol. The maximum absolute atomic E-state index is 12.6. The minimum atomic E-state index is 0.0843. The van der Waals surface area contributed by atoms with Gasteiger partial charge in [-0.1, -0.05) is 26.0 Å². The lowest BCUT2D eigenvalue weighted by Gasteiger charge is -2.22. The summed E-state index contributed by atoms with van der Waals surface area (Å²) >= 11 is 0. The first kappa shape index (κ1) is 18.3. The predicted molar refractivity (Wildman–Crippen MR) is 94.2 cm³/mol. The molecule has 24 heavy (non-hydrogen) atoms. The molecule has 0 radical (unpaired) electrons.